The van der Waals surface area contributed by atoms with Crippen LogP contribution >= 0.6 is 11.8 Å². The van der Waals surface area contributed by atoms with Crippen LogP contribution in [-0.2, 0) is 4.79 Å². The molecule has 7 heteroatoms. The monoisotopic (exact) mass is 381 g/mol. The molecular weight excluding hydrogens is 358 g/mol. The van der Waals surface area contributed by atoms with Crippen molar-refractivity contribution in [3.63, 3.8) is 0 Å². The van der Waals surface area contributed by atoms with Crippen molar-refractivity contribution in [2.45, 2.75) is 23.7 Å². The fraction of sp³-hybridized carbons (Fsp3) is 0.500. The molecule has 3 fully saturated rings. The molecule has 2 aromatic rings. The molecule has 3 aliphatic rings. The van der Waals surface area contributed by atoms with Crippen LogP contribution in [0.1, 0.15) is 24.5 Å². The molecule has 1 aliphatic carbocycles. The third kappa shape index (κ3) is 3.65. The Balaban J connectivity index is 1.14. The van der Waals surface area contributed by atoms with Crippen molar-refractivity contribution >= 4 is 23.5 Å². The van der Waals surface area contributed by atoms with E-state index in [1.54, 1.807) is 24.2 Å². The van der Waals surface area contributed by atoms with Crippen LogP contribution in [-0.4, -0.2) is 57.9 Å². The zero-order valence-electron chi connectivity index (χ0n) is 15.2. The lowest BCUT2D eigenvalue weighted by Gasteiger charge is -2.22. The summed E-state index contributed by atoms with van der Waals surface area (Å²) < 4.78 is 0. The molecule has 140 valence electrons. The number of amides is 1. The average molecular weight is 382 g/mol. The maximum Gasteiger partial charge on any atom is 0.232 e. The van der Waals surface area contributed by atoms with Gasteiger partial charge in [0.25, 0.3) is 0 Å². The Kier molecular flexibility index (Phi) is 4.47. The zero-order chi connectivity index (χ0) is 18.2. The molecule has 0 bridgehead atoms. The fourth-order valence-electron chi connectivity index (χ4n) is 4.16. The molecule has 27 heavy (non-hydrogen) atoms. The van der Waals surface area contributed by atoms with E-state index in [0.717, 1.165) is 42.6 Å². The van der Waals surface area contributed by atoms with E-state index in [0.29, 0.717) is 23.5 Å². The molecule has 4 heterocycles. The van der Waals surface area contributed by atoms with Gasteiger partial charge in [0, 0.05) is 61.2 Å². The van der Waals surface area contributed by atoms with E-state index in [2.05, 4.69) is 32.2 Å². The Hall–Kier alpha value is -2.15. The number of pyridine rings is 1. The molecule has 0 N–H and O–H groups in total. The van der Waals surface area contributed by atoms with Crippen molar-refractivity contribution in [2.24, 2.45) is 11.8 Å². The number of fused-ring (bicyclic) bond motifs is 1. The average Bonchev–Trinajstić information content (AvgIpc) is 3.36. The fourth-order valence-corrected chi connectivity index (χ4v) is 4.94. The maximum atomic E-state index is 12.6. The number of nitrogens with zero attached hydrogens (tertiary/aromatic N) is 5. The number of thioether (sulfide) groups is 1. The van der Waals surface area contributed by atoms with E-state index in [1.165, 1.54) is 12.8 Å². The van der Waals surface area contributed by atoms with Crippen molar-refractivity contribution in [3.05, 3.63) is 42.4 Å². The van der Waals surface area contributed by atoms with Gasteiger partial charge in [-0.1, -0.05) is 0 Å². The van der Waals surface area contributed by atoms with Crippen molar-refractivity contribution in [3.8, 4) is 0 Å². The van der Waals surface area contributed by atoms with Gasteiger partial charge in [-0.05, 0) is 37.1 Å². The summed E-state index contributed by atoms with van der Waals surface area (Å²) in [7, 11) is 0. The molecule has 2 aromatic heterocycles. The quantitative estimate of drug-likeness (QED) is 0.742. The summed E-state index contributed by atoms with van der Waals surface area (Å²) in [6, 6.07) is 8.16. The van der Waals surface area contributed by atoms with Crippen molar-refractivity contribution in [2.75, 3.05) is 36.8 Å². The molecular formula is C20H23N5OS. The van der Waals surface area contributed by atoms with Gasteiger partial charge in [0.15, 0.2) is 5.82 Å². The van der Waals surface area contributed by atoms with Gasteiger partial charge in [0.2, 0.25) is 5.91 Å². The summed E-state index contributed by atoms with van der Waals surface area (Å²) in [5.74, 6) is 3.47. The van der Waals surface area contributed by atoms with Gasteiger partial charge in [-0.3, -0.25) is 9.78 Å². The molecule has 2 aliphatic heterocycles. The highest BCUT2D eigenvalue weighted by molar-refractivity contribution is 8.00. The van der Waals surface area contributed by atoms with Crippen LogP contribution in [0.15, 0.2) is 41.6 Å². The van der Waals surface area contributed by atoms with Crippen LogP contribution < -0.4 is 4.90 Å². The second kappa shape index (κ2) is 7.11. The summed E-state index contributed by atoms with van der Waals surface area (Å²) in [6.07, 6.45) is 6.04. The van der Waals surface area contributed by atoms with E-state index in [4.69, 9.17) is 0 Å². The summed E-state index contributed by atoms with van der Waals surface area (Å²) in [5, 5.41) is 8.87. The van der Waals surface area contributed by atoms with Gasteiger partial charge >= 0.3 is 0 Å². The van der Waals surface area contributed by atoms with Gasteiger partial charge in [0.05, 0.1) is 11.4 Å². The van der Waals surface area contributed by atoms with E-state index in [1.807, 2.05) is 17.0 Å². The Morgan fingerprint density at radius 2 is 1.74 bits per heavy atom. The molecule has 2 atom stereocenters. The normalized spacial score (nSPS) is 24.3. The molecule has 1 amide bonds. The number of likely N-dealkylation sites (tertiary alicyclic amines) is 1. The van der Waals surface area contributed by atoms with Gasteiger partial charge in [0.1, 0.15) is 0 Å². The summed E-state index contributed by atoms with van der Waals surface area (Å²) in [5.41, 5.74) is 1.14. The minimum Gasteiger partial charge on any atom is -0.354 e. The van der Waals surface area contributed by atoms with E-state index in [-0.39, 0.29) is 5.91 Å². The number of aromatic nitrogens is 3. The van der Waals surface area contributed by atoms with Crippen molar-refractivity contribution in [1.82, 2.24) is 20.1 Å². The molecule has 0 spiro atoms. The van der Waals surface area contributed by atoms with Gasteiger partial charge in [-0.15, -0.1) is 16.9 Å². The Morgan fingerprint density at radius 1 is 1.00 bits per heavy atom. The van der Waals surface area contributed by atoms with Crippen LogP contribution in [0.4, 0.5) is 5.82 Å². The van der Waals surface area contributed by atoms with Crippen molar-refractivity contribution in [1.29, 1.82) is 0 Å². The topological polar surface area (TPSA) is 62.2 Å². The van der Waals surface area contributed by atoms with Gasteiger partial charge in [-0.2, -0.15) is 5.10 Å². The predicted molar refractivity (Wildman–Crippen MR) is 105 cm³/mol. The van der Waals surface area contributed by atoms with Gasteiger partial charge < -0.3 is 9.80 Å². The summed E-state index contributed by atoms with van der Waals surface area (Å²) in [6.45, 7) is 3.68. The predicted octanol–water partition coefficient (Wildman–Crippen LogP) is 2.44. The zero-order valence-corrected chi connectivity index (χ0v) is 16.0. The lowest BCUT2D eigenvalue weighted by atomic mass is 10.0. The first-order valence-electron chi connectivity index (χ1n) is 9.65. The molecule has 1 saturated carbocycles. The lowest BCUT2D eigenvalue weighted by Crippen LogP contribution is -2.34. The van der Waals surface area contributed by atoms with E-state index < -0.39 is 0 Å². The summed E-state index contributed by atoms with van der Waals surface area (Å²) >= 11 is 1.59. The van der Waals surface area contributed by atoms with Gasteiger partial charge in [-0.25, -0.2) is 0 Å². The van der Waals surface area contributed by atoms with Crippen LogP contribution in [0.5, 0.6) is 0 Å². The first-order chi connectivity index (χ1) is 13.3. The number of anilines is 1. The molecule has 0 radical (unpaired) electrons. The first-order valence-corrected chi connectivity index (χ1v) is 10.6. The van der Waals surface area contributed by atoms with E-state index >= 15 is 0 Å². The third-order valence-corrected chi connectivity index (χ3v) is 6.84. The lowest BCUT2D eigenvalue weighted by molar-refractivity contribution is -0.127. The van der Waals surface area contributed by atoms with Crippen molar-refractivity contribution < 1.29 is 4.79 Å². The second-order valence-corrected chi connectivity index (χ2v) is 8.83. The minimum atomic E-state index is 0.242. The number of hydrogen-bond donors (Lipinski definition) is 0. The standard InChI is InChI=1S/C20H23N5OS/c26-20(13-27-17-5-7-21-8-6-17)25-11-15-9-24(10-16(15)12-25)19-4-3-18(22-23-19)14-1-2-14/h3-8,14-16H,1-2,9-13H2. The number of rotatable bonds is 5. The molecule has 6 nitrogen and oxygen atoms in total. The van der Waals surface area contributed by atoms with E-state index in [9.17, 15) is 4.79 Å². The molecule has 5 rings (SSSR count). The second-order valence-electron chi connectivity index (χ2n) is 7.79. The Labute approximate surface area is 163 Å². The molecule has 2 unspecified atom stereocenters. The summed E-state index contributed by atoms with van der Waals surface area (Å²) in [4.78, 5) is 22.1. The SMILES string of the molecule is O=C(CSc1ccncc1)N1CC2CN(c3ccc(C4CC4)nn3)CC2C1. The smallest absolute Gasteiger partial charge is 0.232 e. The van der Waals surface area contributed by atoms with Crippen LogP contribution in [0.2, 0.25) is 0 Å². The largest absolute Gasteiger partial charge is 0.354 e. The van der Waals surface area contributed by atoms with Crippen LogP contribution in [0, 0.1) is 11.8 Å². The Bertz CT molecular complexity index is 797. The minimum absolute atomic E-state index is 0.242. The maximum absolute atomic E-state index is 12.6. The van der Waals surface area contributed by atoms with Crippen LogP contribution in [0.25, 0.3) is 0 Å². The Morgan fingerprint density at radius 3 is 2.37 bits per heavy atom. The number of carbonyl (C=O) groups is 1. The number of hydrogen-bond acceptors (Lipinski definition) is 6. The molecule has 0 aromatic carbocycles. The van der Waals surface area contributed by atoms with Crippen LogP contribution in [0.3, 0.4) is 0 Å². The highest BCUT2D eigenvalue weighted by atomic mass is 32.2. The first kappa shape index (κ1) is 17.0. The highest BCUT2D eigenvalue weighted by Crippen LogP contribution is 2.39. The molecule has 2 saturated heterocycles. The third-order valence-electron chi connectivity index (χ3n) is 5.84. The number of carbonyl (C=O) groups excluding carboxylic acids is 1. The highest BCUT2D eigenvalue weighted by Gasteiger charge is 2.42.